The minimum Gasteiger partial charge on any atom is -0.435 e. The summed E-state index contributed by atoms with van der Waals surface area (Å²) in [6.45, 7) is -0.885. The number of nitrogens with zero attached hydrogens (tertiary/aromatic N) is 2. The number of ether oxygens (including phenoxy) is 1. The van der Waals surface area contributed by atoms with Crippen molar-refractivity contribution in [2.75, 3.05) is 5.75 Å². The van der Waals surface area contributed by atoms with Gasteiger partial charge in [-0.3, -0.25) is 9.89 Å². The van der Waals surface area contributed by atoms with Gasteiger partial charge in [-0.2, -0.15) is 8.78 Å². The molecule has 134 valence electrons. The maximum atomic E-state index is 12.2. The van der Waals surface area contributed by atoms with Crippen molar-refractivity contribution in [3.63, 3.8) is 0 Å². The lowest BCUT2D eigenvalue weighted by Crippen LogP contribution is -2.04. The van der Waals surface area contributed by atoms with Gasteiger partial charge in [0.2, 0.25) is 5.16 Å². The highest BCUT2D eigenvalue weighted by atomic mass is 32.2. The molecule has 26 heavy (non-hydrogen) atoms. The topological polar surface area (TPSA) is 67.9 Å². The first-order chi connectivity index (χ1) is 12.5. The molecular weight excluding hydrogens is 360 g/mol. The maximum Gasteiger partial charge on any atom is 0.387 e. The molecule has 0 atom stereocenters. The van der Waals surface area contributed by atoms with Crippen molar-refractivity contribution in [3.8, 4) is 17.1 Å². The molecule has 0 saturated heterocycles. The van der Waals surface area contributed by atoms with Gasteiger partial charge in [0.05, 0.1) is 5.75 Å². The van der Waals surface area contributed by atoms with Gasteiger partial charge in [0.1, 0.15) is 5.75 Å². The number of hydrogen-bond donors (Lipinski definition) is 1. The number of Topliss-reactive ketones (excluding diaryl/α,β-unsaturated/α-hetero) is 1. The van der Waals surface area contributed by atoms with Crippen LogP contribution in [0, 0.1) is 6.92 Å². The maximum absolute atomic E-state index is 12.2. The fourth-order valence-electron chi connectivity index (χ4n) is 2.19. The quantitative estimate of drug-likeness (QED) is 0.491. The van der Waals surface area contributed by atoms with Gasteiger partial charge in [-0.05, 0) is 31.2 Å². The van der Waals surface area contributed by atoms with E-state index in [2.05, 4.69) is 19.9 Å². The number of H-pyrrole nitrogens is 1. The van der Waals surface area contributed by atoms with Gasteiger partial charge in [-0.25, -0.2) is 4.98 Å². The van der Waals surface area contributed by atoms with E-state index in [1.54, 1.807) is 0 Å². The van der Waals surface area contributed by atoms with Crippen molar-refractivity contribution >= 4 is 17.5 Å². The molecule has 5 nitrogen and oxygen atoms in total. The standard InChI is InChI=1S/C18H15F2N3O2S/c1-11-2-4-13(5-3-11)16-21-18(23-22-16)26-10-15(24)12-6-8-14(9-7-12)25-17(19)20/h2-9,17H,10H2,1H3,(H,21,22,23). The Hall–Kier alpha value is -2.74. The number of nitrogens with one attached hydrogen (secondary N) is 1. The van der Waals surface area contributed by atoms with Crippen molar-refractivity contribution in [2.45, 2.75) is 18.7 Å². The van der Waals surface area contributed by atoms with Crippen molar-refractivity contribution < 1.29 is 18.3 Å². The Balaban J connectivity index is 1.58. The summed E-state index contributed by atoms with van der Waals surface area (Å²) in [5.41, 5.74) is 2.47. The number of aromatic amines is 1. The van der Waals surface area contributed by atoms with Gasteiger partial charge in [-0.1, -0.05) is 41.6 Å². The van der Waals surface area contributed by atoms with Crippen LogP contribution in [0.25, 0.3) is 11.4 Å². The highest BCUT2D eigenvalue weighted by molar-refractivity contribution is 7.99. The number of alkyl halides is 2. The Bertz CT molecular complexity index is 880. The molecule has 0 bridgehead atoms. The summed E-state index contributed by atoms with van der Waals surface area (Å²) < 4.78 is 28.5. The van der Waals surface area contributed by atoms with Crippen LogP contribution in [-0.4, -0.2) is 33.3 Å². The SMILES string of the molecule is Cc1ccc(-c2nc(SCC(=O)c3ccc(OC(F)F)cc3)n[nH]2)cc1. The molecule has 0 aliphatic carbocycles. The van der Waals surface area contributed by atoms with Gasteiger partial charge in [0.25, 0.3) is 0 Å². The van der Waals surface area contributed by atoms with Crippen molar-refractivity contribution in [1.29, 1.82) is 0 Å². The molecule has 2 aromatic carbocycles. The molecule has 0 fully saturated rings. The van der Waals surface area contributed by atoms with E-state index in [0.717, 1.165) is 11.1 Å². The molecule has 8 heteroatoms. The van der Waals surface area contributed by atoms with E-state index in [9.17, 15) is 13.6 Å². The monoisotopic (exact) mass is 375 g/mol. The number of halogens is 2. The van der Waals surface area contributed by atoms with Crippen LogP contribution in [0.5, 0.6) is 5.75 Å². The van der Waals surface area contributed by atoms with Crippen LogP contribution in [0.15, 0.2) is 53.7 Å². The Morgan fingerprint density at radius 2 is 1.85 bits per heavy atom. The van der Waals surface area contributed by atoms with Gasteiger partial charge < -0.3 is 4.74 Å². The molecule has 0 spiro atoms. The third-order valence-corrected chi connectivity index (χ3v) is 4.37. The van der Waals surface area contributed by atoms with Gasteiger partial charge >= 0.3 is 6.61 Å². The number of aromatic nitrogens is 3. The van der Waals surface area contributed by atoms with E-state index in [1.807, 2.05) is 31.2 Å². The summed E-state index contributed by atoms with van der Waals surface area (Å²) in [6, 6.07) is 13.4. The highest BCUT2D eigenvalue weighted by Crippen LogP contribution is 2.21. The first-order valence-corrected chi connectivity index (χ1v) is 8.70. The lowest BCUT2D eigenvalue weighted by Gasteiger charge is -2.04. The molecule has 1 N–H and O–H groups in total. The number of ketones is 1. The lowest BCUT2D eigenvalue weighted by molar-refractivity contribution is -0.0498. The van der Waals surface area contributed by atoms with E-state index < -0.39 is 6.61 Å². The predicted octanol–water partition coefficient (Wildman–Crippen LogP) is 4.36. The normalized spacial score (nSPS) is 10.9. The number of carbonyl (C=O) groups excluding carboxylic acids is 1. The fraction of sp³-hybridized carbons (Fsp3) is 0.167. The summed E-state index contributed by atoms with van der Waals surface area (Å²) in [7, 11) is 0. The van der Waals surface area contributed by atoms with Crippen molar-refractivity contribution in [1.82, 2.24) is 15.2 Å². The number of hydrogen-bond acceptors (Lipinski definition) is 5. The zero-order chi connectivity index (χ0) is 18.5. The van der Waals surface area contributed by atoms with Crippen LogP contribution in [0.4, 0.5) is 8.78 Å². The molecule has 0 aliphatic heterocycles. The van der Waals surface area contributed by atoms with Crippen LogP contribution < -0.4 is 4.74 Å². The fourth-order valence-corrected chi connectivity index (χ4v) is 2.88. The second-order valence-corrected chi connectivity index (χ2v) is 6.39. The largest absolute Gasteiger partial charge is 0.435 e. The molecule has 0 aliphatic rings. The number of thioether (sulfide) groups is 1. The third-order valence-electron chi connectivity index (χ3n) is 3.52. The van der Waals surface area contributed by atoms with Gasteiger partial charge in [0, 0.05) is 11.1 Å². The number of aryl methyl sites for hydroxylation is 1. The third kappa shape index (κ3) is 4.66. The van der Waals surface area contributed by atoms with Crippen molar-refractivity contribution in [3.05, 3.63) is 59.7 Å². The first kappa shape index (κ1) is 18.1. The van der Waals surface area contributed by atoms with Crippen LogP contribution in [0.3, 0.4) is 0 Å². The lowest BCUT2D eigenvalue weighted by atomic mass is 10.1. The number of benzene rings is 2. The average Bonchev–Trinajstić information content (AvgIpc) is 3.09. The summed E-state index contributed by atoms with van der Waals surface area (Å²) >= 11 is 1.20. The highest BCUT2D eigenvalue weighted by Gasteiger charge is 2.11. The molecule has 0 radical (unpaired) electrons. The Labute approximate surface area is 152 Å². The summed E-state index contributed by atoms with van der Waals surface area (Å²) in [6.07, 6.45) is 0. The Kier molecular flexibility index (Phi) is 5.62. The molecule has 0 saturated carbocycles. The second kappa shape index (κ2) is 8.09. The van der Waals surface area contributed by atoms with Crippen LogP contribution in [0.2, 0.25) is 0 Å². The molecule has 3 rings (SSSR count). The van der Waals surface area contributed by atoms with E-state index in [4.69, 9.17) is 0 Å². The predicted molar refractivity (Wildman–Crippen MR) is 94.7 cm³/mol. The minimum atomic E-state index is -2.89. The summed E-state index contributed by atoms with van der Waals surface area (Å²) in [5.74, 6) is 0.634. The molecular formula is C18H15F2N3O2S. The van der Waals surface area contributed by atoms with Crippen molar-refractivity contribution in [2.24, 2.45) is 0 Å². The van der Waals surface area contributed by atoms with E-state index >= 15 is 0 Å². The summed E-state index contributed by atoms with van der Waals surface area (Å²) in [4.78, 5) is 16.6. The van der Waals surface area contributed by atoms with E-state index in [-0.39, 0.29) is 17.3 Å². The minimum absolute atomic E-state index is 0.0147. The zero-order valence-corrected chi connectivity index (χ0v) is 14.6. The van der Waals surface area contributed by atoms with Crippen LogP contribution >= 0.6 is 11.8 Å². The molecule has 3 aromatic rings. The van der Waals surface area contributed by atoms with Gasteiger partial charge in [0.15, 0.2) is 11.6 Å². The number of rotatable bonds is 7. The van der Waals surface area contributed by atoms with Crippen LogP contribution in [-0.2, 0) is 0 Å². The zero-order valence-electron chi connectivity index (χ0n) is 13.8. The summed E-state index contributed by atoms with van der Waals surface area (Å²) in [5, 5.41) is 7.41. The average molecular weight is 375 g/mol. The molecule has 1 aromatic heterocycles. The molecule has 1 heterocycles. The number of carbonyl (C=O) groups is 1. The van der Waals surface area contributed by atoms with Gasteiger partial charge in [-0.15, -0.1) is 5.10 Å². The Morgan fingerprint density at radius 1 is 1.15 bits per heavy atom. The molecule has 0 amide bonds. The smallest absolute Gasteiger partial charge is 0.387 e. The van der Waals surface area contributed by atoms with E-state index in [1.165, 1.54) is 36.0 Å². The second-order valence-electron chi connectivity index (χ2n) is 5.45. The van der Waals surface area contributed by atoms with E-state index in [0.29, 0.717) is 16.5 Å². The van der Waals surface area contributed by atoms with Crippen LogP contribution in [0.1, 0.15) is 15.9 Å². The molecule has 0 unspecified atom stereocenters. The first-order valence-electron chi connectivity index (χ1n) is 7.71. The Morgan fingerprint density at radius 3 is 2.50 bits per heavy atom.